The van der Waals surface area contributed by atoms with E-state index in [-0.39, 0.29) is 6.10 Å². The van der Waals surface area contributed by atoms with Gasteiger partial charge in [-0.15, -0.1) is 0 Å². The fourth-order valence-electron chi connectivity index (χ4n) is 2.73. The van der Waals surface area contributed by atoms with Gasteiger partial charge in [0.25, 0.3) is 0 Å². The topological polar surface area (TPSA) is 32.7 Å². The van der Waals surface area contributed by atoms with Gasteiger partial charge in [-0.3, -0.25) is 4.90 Å². The number of nitrogens with zero attached hydrogens (tertiary/aromatic N) is 1. The Bertz CT molecular complexity index is 571. The first-order valence-corrected chi connectivity index (χ1v) is 8.17. The molecule has 0 amide bonds. The summed E-state index contributed by atoms with van der Waals surface area (Å²) in [7, 11) is 1.71. The lowest BCUT2D eigenvalue weighted by atomic mass is 10.1. The number of methoxy groups -OCH3 is 1. The summed E-state index contributed by atoms with van der Waals surface area (Å²) in [6, 6.07) is 18.5. The van der Waals surface area contributed by atoms with Crippen LogP contribution in [0.15, 0.2) is 54.6 Å². The van der Waals surface area contributed by atoms with Crippen LogP contribution in [0.1, 0.15) is 16.7 Å². The molecule has 0 heterocycles. The summed E-state index contributed by atoms with van der Waals surface area (Å²) < 4.78 is 5.22. The van der Waals surface area contributed by atoms with Gasteiger partial charge in [0.2, 0.25) is 0 Å². The molecule has 1 atom stereocenters. The summed E-state index contributed by atoms with van der Waals surface area (Å²) in [5.41, 5.74) is 3.76. The van der Waals surface area contributed by atoms with E-state index in [0.29, 0.717) is 19.6 Å². The number of ether oxygens (including phenoxy) is 1. The van der Waals surface area contributed by atoms with Crippen LogP contribution in [0.2, 0.25) is 0 Å². The van der Waals surface area contributed by atoms with Crippen LogP contribution in [-0.4, -0.2) is 42.9 Å². The second kappa shape index (κ2) is 9.46. The summed E-state index contributed by atoms with van der Waals surface area (Å²) in [5.74, 6) is 0. The van der Waals surface area contributed by atoms with Crippen molar-refractivity contribution in [3.63, 3.8) is 0 Å². The van der Waals surface area contributed by atoms with E-state index in [9.17, 15) is 5.11 Å². The third-order valence-corrected chi connectivity index (χ3v) is 4.05. The normalized spacial score (nSPS) is 12.5. The highest BCUT2D eigenvalue weighted by molar-refractivity contribution is 5.25. The first kappa shape index (κ1) is 17.7. The van der Waals surface area contributed by atoms with Crippen molar-refractivity contribution in [1.82, 2.24) is 4.90 Å². The predicted molar refractivity (Wildman–Crippen MR) is 94.5 cm³/mol. The Hall–Kier alpha value is -1.68. The third kappa shape index (κ3) is 6.14. The number of benzene rings is 2. The zero-order valence-corrected chi connectivity index (χ0v) is 14.1. The molecule has 0 bridgehead atoms. The molecule has 2 rings (SSSR count). The van der Waals surface area contributed by atoms with Crippen molar-refractivity contribution in [1.29, 1.82) is 0 Å². The van der Waals surface area contributed by atoms with Crippen LogP contribution in [0.25, 0.3) is 0 Å². The SMILES string of the molecule is COCCN(Cc1ccccc1C)CC(O)Cc1ccccc1. The first-order valence-electron chi connectivity index (χ1n) is 8.17. The van der Waals surface area contributed by atoms with E-state index in [2.05, 4.69) is 48.2 Å². The highest BCUT2D eigenvalue weighted by Crippen LogP contribution is 2.12. The summed E-state index contributed by atoms with van der Waals surface area (Å²) in [6.07, 6.45) is 0.302. The average Bonchev–Trinajstić information content (AvgIpc) is 2.55. The van der Waals surface area contributed by atoms with E-state index >= 15 is 0 Å². The number of aliphatic hydroxyl groups excluding tert-OH is 1. The van der Waals surface area contributed by atoms with Gasteiger partial charge < -0.3 is 9.84 Å². The number of aryl methyl sites for hydroxylation is 1. The lowest BCUT2D eigenvalue weighted by molar-refractivity contribution is 0.0850. The minimum absolute atomic E-state index is 0.377. The van der Waals surface area contributed by atoms with Crippen molar-refractivity contribution in [2.45, 2.75) is 26.0 Å². The van der Waals surface area contributed by atoms with Gasteiger partial charge in [-0.2, -0.15) is 0 Å². The molecule has 23 heavy (non-hydrogen) atoms. The largest absolute Gasteiger partial charge is 0.391 e. The van der Waals surface area contributed by atoms with Gasteiger partial charge in [0, 0.05) is 26.7 Å². The molecule has 0 saturated carbocycles. The van der Waals surface area contributed by atoms with Crippen molar-refractivity contribution in [3.8, 4) is 0 Å². The van der Waals surface area contributed by atoms with Crippen LogP contribution in [-0.2, 0) is 17.7 Å². The lowest BCUT2D eigenvalue weighted by Crippen LogP contribution is -2.35. The molecule has 1 N–H and O–H groups in total. The molecule has 0 aliphatic rings. The van der Waals surface area contributed by atoms with Gasteiger partial charge in [-0.1, -0.05) is 54.6 Å². The Morgan fingerprint density at radius 2 is 1.74 bits per heavy atom. The fraction of sp³-hybridized carbons (Fsp3) is 0.400. The maximum Gasteiger partial charge on any atom is 0.0707 e. The van der Waals surface area contributed by atoms with Crippen LogP contribution in [0.5, 0.6) is 0 Å². The smallest absolute Gasteiger partial charge is 0.0707 e. The van der Waals surface area contributed by atoms with Gasteiger partial charge in [0.05, 0.1) is 12.7 Å². The van der Waals surface area contributed by atoms with Crippen molar-refractivity contribution in [2.24, 2.45) is 0 Å². The molecule has 124 valence electrons. The molecule has 3 nitrogen and oxygen atoms in total. The zero-order valence-electron chi connectivity index (χ0n) is 14.1. The number of aliphatic hydroxyl groups is 1. The molecule has 1 unspecified atom stereocenters. The Kier molecular flexibility index (Phi) is 7.27. The molecule has 0 aliphatic heterocycles. The highest BCUT2D eigenvalue weighted by Gasteiger charge is 2.13. The van der Waals surface area contributed by atoms with E-state index in [4.69, 9.17) is 4.74 Å². The number of hydrogen-bond donors (Lipinski definition) is 1. The lowest BCUT2D eigenvalue weighted by Gasteiger charge is -2.25. The van der Waals surface area contributed by atoms with Gasteiger partial charge in [0.1, 0.15) is 0 Å². The molecule has 0 fully saturated rings. The molecule has 2 aromatic carbocycles. The summed E-state index contributed by atoms with van der Waals surface area (Å²) in [6.45, 7) is 5.10. The molecule has 3 heteroatoms. The summed E-state index contributed by atoms with van der Waals surface area (Å²) in [5, 5.41) is 10.4. The first-order chi connectivity index (χ1) is 11.2. The van der Waals surface area contributed by atoms with Gasteiger partial charge in [-0.25, -0.2) is 0 Å². The maximum atomic E-state index is 10.4. The zero-order chi connectivity index (χ0) is 16.5. The molecule has 0 saturated heterocycles. The van der Waals surface area contributed by atoms with E-state index < -0.39 is 0 Å². The molecule has 0 aromatic heterocycles. The van der Waals surface area contributed by atoms with Crippen molar-refractivity contribution < 1.29 is 9.84 Å². The van der Waals surface area contributed by atoms with Gasteiger partial charge in [-0.05, 0) is 30.0 Å². The molecular formula is C20H27NO2. The van der Waals surface area contributed by atoms with Gasteiger partial charge >= 0.3 is 0 Å². The number of rotatable bonds is 9. The van der Waals surface area contributed by atoms with E-state index in [1.54, 1.807) is 7.11 Å². The summed E-state index contributed by atoms with van der Waals surface area (Å²) in [4.78, 5) is 2.26. The maximum absolute atomic E-state index is 10.4. The third-order valence-electron chi connectivity index (χ3n) is 4.05. The van der Waals surface area contributed by atoms with Crippen LogP contribution < -0.4 is 0 Å². The Balaban J connectivity index is 1.96. The summed E-state index contributed by atoms with van der Waals surface area (Å²) >= 11 is 0. The highest BCUT2D eigenvalue weighted by atomic mass is 16.5. The van der Waals surface area contributed by atoms with Crippen molar-refractivity contribution in [2.75, 3.05) is 26.8 Å². The predicted octanol–water partition coefficient (Wildman–Crippen LogP) is 3.05. The molecule has 0 spiro atoms. The molecule has 2 aromatic rings. The van der Waals surface area contributed by atoms with Crippen LogP contribution >= 0.6 is 0 Å². The molecule has 0 aliphatic carbocycles. The molecular weight excluding hydrogens is 286 g/mol. The minimum atomic E-state index is -0.377. The fourth-order valence-corrected chi connectivity index (χ4v) is 2.73. The second-order valence-corrected chi connectivity index (χ2v) is 6.00. The minimum Gasteiger partial charge on any atom is -0.391 e. The van der Waals surface area contributed by atoms with E-state index in [0.717, 1.165) is 13.1 Å². The Morgan fingerprint density at radius 1 is 1.04 bits per heavy atom. The second-order valence-electron chi connectivity index (χ2n) is 6.00. The monoisotopic (exact) mass is 313 g/mol. The van der Waals surface area contributed by atoms with Crippen molar-refractivity contribution in [3.05, 3.63) is 71.3 Å². The van der Waals surface area contributed by atoms with E-state index in [1.165, 1.54) is 16.7 Å². The number of hydrogen-bond acceptors (Lipinski definition) is 3. The van der Waals surface area contributed by atoms with Crippen molar-refractivity contribution >= 4 is 0 Å². The van der Waals surface area contributed by atoms with Gasteiger partial charge in [0.15, 0.2) is 0 Å². The standard InChI is InChI=1S/C20H27NO2/c1-17-8-6-7-11-19(17)15-21(12-13-23-2)16-20(22)14-18-9-4-3-5-10-18/h3-11,20,22H,12-16H2,1-2H3. The van der Waals surface area contributed by atoms with E-state index in [1.807, 2.05) is 18.2 Å². The quantitative estimate of drug-likeness (QED) is 0.772. The van der Waals surface area contributed by atoms with Crippen LogP contribution in [0, 0.1) is 6.92 Å². The Labute approximate surface area is 139 Å². The average molecular weight is 313 g/mol. The molecule has 0 radical (unpaired) electrons. The Morgan fingerprint density at radius 3 is 2.43 bits per heavy atom. The van der Waals surface area contributed by atoms with Crippen LogP contribution in [0.3, 0.4) is 0 Å². The van der Waals surface area contributed by atoms with Crippen LogP contribution in [0.4, 0.5) is 0 Å².